The van der Waals surface area contributed by atoms with Crippen LogP contribution in [0.15, 0.2) is 47.1 Å². The summed E-state index contributed by atoms with van der Waals surface area (Å²) in [7, 11) is 0. The van der Waals surface area contributed by atoms with Crippen molar-refractivity contribution in [2.45, 2.75) is 119 Å². The molecule has 2 aromatic heterocycles. The summed E-state index contributed by atoms with van der Waals surface area (Å²) in [6.07, 6.45) is 9.52. The van der Waals surface area contributed by atoms with Gasteiger partial charge >= 0.3 is 5.97 Å². The predicted octanol–water partition coefficient (Wildman–Crippen LogP) is 9.81. The van der Waals surface area contributed by atoms with Gasteiger partial charge in [-0.2, -0.15) is 0 Å². The zero-order chi connectivity index (χ0) is 29.7. The van der Waals surface area contributed by atoms with Gasteiger partial charge in [-0.1, -0.05) is 61.3 Å². The number of aryl methyl sites for hydroxylation is 1. The quantitative estimate of drug-likeness (QED) is 0.166. The number of aromatic nitrogens is 1. The fourth-order valence-corrected chi connectivity index (χ4v) is 5.35. The number of hydrogen-bond acceptors (Lipinski definition) is 5. The van der Waals surface area contributed by atoms with Gasteiger partial charge in [0, 0.05) is 35.8 Å². The van der Waals surface area contributed by atoms with Crippen molar-refractivity contribution in [2.24, 2.45) is 16.7 Å². The fraction of sp³-hybridized carbons (Fsp3) is 0.600. The monoisotopic (exact) mass is 549 g/mol. The Kier molecular flexibility index (Phi) is 10.1. The lowest BCUT2D eigenvalue weighted by Gasteiger charge is -2.37. The van der Waals surface area contributed by atoms with E-state index in [2.05, 4.69) is 65.6 Å². The van der Waals surface area contributed by atoms with E-state index in [1.165, 1.54) is 18.4 Å². The molecule has 0 N–H and O–H groups in total. The molecule has 0 aliphatic rings. The number of fused-ring (bicyclic) bond motifs is 1. The first-order valence-electron chi connectivity index (χ1n) is 14.9. The highest BCUT2D eigenvalue weighted by Crippen LogP contribution is 2.38. The van der Waals surface area contributed by atoms with Crippen molar-refractivity contribution >= 4 is 16.9 Å². The van der Waals surface area contributed by atoms with E-state index in [0.29, 0.717) is 6.42 Å². The average Bonchev–Trinajstić information content (AvgIpc) is 3.24. The van der Waals surface area contributed by atoms with Gasteiger partial charge in [0.1, 0.15) is 22.7 Å². The van der Waals surface area contributed by atoms with Crippen LogP contribution in [0.1, 0.15) is 107 Å². The predicted molar refractivity (Wildman–Crippen MR) is 165 cm³/mol. The Morgan fingerprint density at radius 2 is 1.70 bits per heavy atom. The summed E-state index contributed by atoms with van der Waals surface area (Å²) in [6, 6.07) is 10.1. The summed E-state index contributed by atoms with van der Waals surface area (Å²) in [5.74, 6) is 1.26. The fourth-order valence-electron chi connectivity index (χ4n) is 5.35. The van der Waals surface area contributed by atoms with Crippen LogP contribution in [0.2, 0.25) is 0 Å². The summed E-state index contributed by atoms with van der Waals surface area (Å²) in [5, 5.41) is 1.03. The maximum absolute atomic E-state index is 13.3. The molecule has 2 atom stereocenters. The van der Waals surface area contributed by atoms with Gasteiger partial charge in [-0.05, 0) is 80.7 Å². The molecule has 0 fully saturated rings. The molecule has 0 spiro atoms. The highest BCUT2D eigenvalue weighted by molar-refractivity contribution is 5.84. The number of nitrogens with zero attached hydrogens (tertiary/aromatic N) is 1. The van der Waals surface area contributed by atoms with E-state index in [1.807, 2.05) is 51.4 Å². The first-order valence-corrected chi connectivity index (χ1v) is 14.9. The standard InChI is InChI=1S/C35H51NO4/c1-11-12-13-14-25-17-18-36-23-28(25)31-19-26-15-16-27(20-30(26)39-31)38-24(2)21-35(9,10)40-32(37)29(34(6,7)8)22-33(3,4)5/h15-20,23-24,29H,11-14,21-22H2,1-10H3. The van der Waals surface area contributed by atoms with Crippen molar-refractivity contribution in [3.05, 3.63) is 48.3 Å². The molecule has 5 heteroatoms. The summed E-state index contributed by atoms with van der Waals surface area (Å²) in [4.78, 5) is 17.7. The van der Waals surface area contributed by atoms with Crippen LogP contribution in [0.4, 0.5) is 0 Å². The second-order valence-corrected chi connectivity index (χ2v) is 14.3. The average molecular weight is 550 g/mol. The second kappa shape index (κ2) is 12.8. The van der Waals surface area contributed by atoms with Gasteiger partial charge in [0.15, 0.2) is 0 Å². The molecule has 0 saturated heterocycles. The van der Waals surface area contributed by atoms with Crippen molar-refractivity contribution in [1.82, 2.24) is 4.98 Å². The van der Waals surface area contributed by atoms with Gasteiger partial charge in [-0.25, -0.2) is 0 Å². The zero-order valence-corrected chi connectivity index (χ0v) is 26.5. The molecule has 0 radical (unpaired) electrons. The molecule has 1 aromatic carbocycles. The van der Waals surface area contributed by atoms with E-state index in [1.54, 1.807) is 0 Å². The van der Waals surface area contributed by atoms with Crippen molar-refractivity contribution in [1.29, 1.82) is 0 Å². The molecule has 2 heterocycles. The highest BCUT2D eigenvalue weighted by atomic mass is 16.6. The Morgan fingerprint density at radius 1 is 0.975 bits per heavy atom. The summed E-state index contributed by atoms with van der Waals surface area (Å²) >= 11 is 0. The van der Waals surface area contributed by atoms with E-state index in [0.717, 1.165) is 47.3 Å². The van der Waals surface area contributed by atoms with Crippen LogP contribution in [0.25, 0.3) is 22.3 Å². The van der Waals surface area contributed by atoms with Crippen molar-refractivity contribution in [2.75, 3.05) is 0 Å². The van der Waals surface area contributed by atoms with Crippen molar-refractivity contribution in [3.63, 3.8) is 0 Å². The first-order chi connectivity index (χ1) is 18.6. The Bertz CT molecular complexity index is 1260. The molecule has 0 aliphatic heterocycles. The van der Waals surface area contributed by atoms with E-state index in [4.69, 9.17) is 13.9 Å². The maximum atomic E-state index is 13.3. The number of hydrogen-bond donors (Lipinski definition) is 0. The van der Waals surface area contributed by atoms with Crippen LogP contribution in [0, 0.1) is 16.7 Å². The highest BCUT2D eigenvalue weighted by Gasteiger charge is 2.38. The number of furan rings is 1. The molecule has 3 rings (SSSR count). The molecular weight excluding hydrogens is 498 g/mol. The molecule has 220 valence electrons. The molecule has 0 aliphatic carbocycles. The van der Waals surface area contributed by atoms with Crippen LogP contribution in [0.5, 0.6) is 5.75 Å². The number of pyridine rings is 1. The van der Waals surface area contributed by atoms with Gasteiger partial charge in [-0.3, -0.25) is 9.78 Å². The van der Waals surface area contributed by atoms with Crippen LogP contribution in [0.3, 0.4) is 0 Å². The minimum atomic E-state index is -0.658. The molecule has 2 unspecified atom stereocenters. The Labute approximate surface area is 242 Å². The van der Waals surface area contributed by atoms with E-state index < -0.39 is 5.60 Å². The number of carbonyl (C=O) groups is 1. The lowest BCUT2D eigenvalue weighted by Crippen LogP contribution is -2.40. The number of rotatable bonds is 12. The maximum Gasteiger partial charge on any atom is 0.310 e. The second-order valence-electron chi connectivity index (χ2n) is 14.3. The van der Waals surface area contributed by atoms with Gasteiger partial charge in [0.05, 0.1) is 12.0 Å². The van der Waals surface area contributed by atoms with Gasteiger partial charge in [0.25, 0.3) is 0 Å². The van der Waals surface area contributed by atoms with E-state index in [-0.39, 0.29) is 28.8 Å². The molecule has 5 nitrogen and oxygen atoms in total. The van der Waals surface area contributed by atoms with Gasteiger partial charge < -0.3 is 13.9 Å². The number of esters is 1. The zero-order valence-electron chi connectivity index (χ0n) is 26.5. The Balaban J connectivity index is 1.69. The molecule has 40 heavy (non-hydrogen) atoms. The first kappa shape index (κ1) is 31.7. The summed E-state index contributed by atoms with van der Waals surface area (Å²) < 4.78 is 18.7. The molecule has 0 amide bonds. The van der Waals surface area contributed by atoms with E-state index >= 15 is 0 Å². The lowest BCUT2D eigenvalue weighted by atomic mass is 9.72. The topological polar surface area (TPSA) is 61.6 Å². The van der Waals surface area contributed by atoms with Crippen LogP contribution < -0.4 is 4.74 Å². The lowest BCUT2D eigenvalue weighted by molar-refractivity contribution is -0.169. The van der Waals surface area contributed by atoms with Crippen LogP contribution in [-0.2, 0) is 16.0 Å². The van der Waals surface area contributed by atoms with Crippen LogP contribution in [-0.4, -0.2) is 22.7 Å². The molecule has 3 aromatic rings. The SMILES string of the molecule is CCCCCc1ccncc1-c1cc2ccc(OC(C)CC(C)(C)OC(=O)C(CC(C)(C)C)C(C)(C)C)cc2o1. The number of ether oxygens (including phenoxy) is 2. The molecule has 0 bridgehead atoms. The normalized spacial score (nSPS) is 14.2. The summed E-state index contributed by atoms with van der Waals surface area (Å²) in [5.41, 5.74) is 2.30. The molecule has 0 saturated carbocycles. The third kappa shape index (κ3) is 9.11. The third-order valence-electron chi connectivity index (χ3n) is 7.36. The number of carbonyl (C=O) groups excluding carboxylic acids is 1. The minimum Gasteiger partial charge on any atom is -0.490 e. The third-order valence-corrected chi connectivity index (χ3v) is 7.36. The Hall–Kier alpha value is -2.82. The number of unbranched alkanes of at least 4 members (excludes halogenated alkanes) is 2. The number of benzene rings is 1. The Morgan fingerprint density at radius 3 is 2.35 bits per heavy atom. The van der Waals surface area contributed by atoms with Crippen LogP contribution >= 0.6 is 0 Å². The van der Waals surface area contributed by atoms with Gasteiger partial charge in [0.2, 0.25) is 0 Å². The smallest absolute Gasteiger partial charge is 0.310 e. The van der Waals surface area contributed by atoms with Crippen molar-refractivity contribution in [3.8, 4) is 17.1 Å². The minimum absolute atomic E-state index is 0.0372. The largest absolute Gasteiger partial charge is 0.490 e. The van der Waals surface area contributed by atoms with E-state index in [9.17, 15) is 4.79 Å². The van der Waals surface area contributed by atoms with Crippen molar-refractivity contribution < 1.29 is 18.7 Å². The van der Waals surface area contributed by atoms with Gasteiger partial charge in [-0.15, -0.1) is 0 Å². The summed E-state index contributed by atoms with van der Waals surface area (Å²) in [6.45, 7) is 21.0. The molecular formula is C35H51NO4.